The Hall–Kier alpha value is -0.120. The van der Waals surface area contributed by atoms with Crippen LogP contribution in [0.25, 0.3) is 0 Å². The molecule has 3 heteroatoms. The predicted octanol–water partition coefficient (Wildman–Crippen LogP) is 6.45. The molecule has 0 heterocycles. The number of aliphatic hydroxyl groups is 2. The van der Waals surface area contributed by atoms with E-state index in [2.05, 4.69) is 6.92 Å². The maximum absolute atomic E-state index is 9.15. The van der Waals surface area contributed by atoms with Gasteiger partial charge in [-0.1, -0.05) is 122 Å². The molecule has 0 aromatic rings. The Kier molecular flexibility index (Phi) is 18.2. The van der Waals surface area contributed by atoms with Crippen molar-refractivity contribution in [2.75, 3.05) is 0 Å². The van der Waals surface area contributed by atoms with Crippen LogP contribution in [0.2, 0.25) is 0 Å². The van der Waals surface area contributed by atoms with Gasteiger partial charge in [-0.25, -0.2) is 0 Å². The Morgan fingerprint density at radius 3 is 1.12 bits per heavy atom. The zero-order valence-electron chi connectivity index (χ0n) is 18.0. The predicted molar refractivity (Wildman–Crippen MR) is 114 cm³/mol. The molecule has 0 amide bonds. The van der Waals surface area contributed by atoms with Crippen molar-refractivity contribution in [2.45, 2.75) is 148 Å². The molecule has 4 N–H and O–H groups in total. The Morgan fingerprint density at radius 2 is 0.846 bits per heavy atom. The molecule has 0 aliphatic heterocycles. The second-order valence-electron chi connectivity index (χ2n) is 8.64. The normalized spacial score (nSPS) is 14.1. The van der Waals surface area contributed by atoms with Crippen LogP contribution in [-0.4, -0.2) is 22.0 Å². The van der Waals surface area contributed by atoms with E-state index in [0.29, 0.717) is 6.42 Å². The number of hydrogen-bond donors (Lipinski definition) is 3. The lowest BCUT2D eigenvalue weighted by Gasteiger charge is -2.26. The molecule has 1 unspecified atom stereocenters. The fourth-order valence-corrected chi connectivity index (χ4v) is 3.54. The third-order valence-electron chi connectivity index (χ3n) is 5.66. The van der Waals surface area contributed by atoms with Crippen molar-refractivity contribution in [1.82, 2.24) is 0 Å². The van der Waals surface area contributed by atoms with Crippen LogP contribution in [0.3, 0.4) is 0 Å². The molecule has 0 saturated carbocycles. The van der Waals surface area contributed by atoms with E-state index in [1.54, 1.807) is 6.92 Å². The van der Waals surface area contributed by atoms with E-state index in [1.165, 1.54) is 103 Å². The van der Waals surface area contributed by atoms with Gasteiger partial charge in [0, 0.05) is 0 Å². The summed E-state index contributed by atoms with van der Waals surface area (Å²) in [4.78, 5) is 0. The summed E-state index contributed by atoms with van der Waals surface area (Å²) in [5.74, 6) is 0. The van der Waals surface area contributed by atoms with Crippen molar-refractivity contribution in [3.05, 3.63) is 0 Å². The van der Waals surface area contributed by atoms with Crippen LogP contribution in [-0.2, 0) is 0 Å². The first-order valence-electron chi connectivity index (χ1n) is 11.7. The van der Waals surface area contributed by atoms with Gasteiger partial charge in [0.2, 0.25) is 0 Å². The number of nitrogens with two attached hydrogens (primary N) is 1. The van der Waals surface area contributed by atoms with Crippen LogP contribution in [0.5, 0.6) is 0 Å². The maximum Gasteiger partial charge on any atom is 0.169 e. The average Bonchev–Trinajstić information content (AvgIpc) is 2.60. The fourth-order valence-electron chi connectivity index (χ4n) is 3.54. The Balaban J connectivity index is 3.12. The van der Waals surface area contributed by atoms with Gasteiger partial charge in [-0.3, -0.25) is 0 Å². The maximum atomic E-state index is 9.15. The lowest BCUT2D eigenvalue weighted by atomic mass is 9.94. The second-order valence-corrected chi connectivity index (χ2v) is 8.64. The molecule has 0 rings (SSSR count). The zero-order chi connectivity index (χ0) is 19.5. The lowest BCUT2D eigenvalue weighted by molar-refractivity contribution is -0.0933. The van der Waals surface area contributed by atoms with Gasteiger partial charge in [0.25, 0.3) is 0 Å². The molecule has 0 aliphatic carbocycles. The SMILES string of the molecule is CCCCCCCCCCCCCCCCCCCCC(C)(N)C(O)O. The van der Waals surface area contributed by atoms with E-state index in [1.807, 2.05) is 0 Å². The summed E-state index contributed by atoms with van der Waals surface area (Å²) in [6, 6.07) is 0. The van der Waals surface area contributed by atoms with Crippen LogP contribution >= 0.6 is 0 Å². The van der Waals surface area contributed by atoms with Crippen molar-refractivity contribution in [2.24, 2.45) is 5.73 Å². The number of hydrogen-bond acceptors (Lipinski definition) is 3. The molecule has 0 aromatic carbocycles. The number of rotatable bonds is 20. The van der Waals surface area contributed by atoms with Crippen LogP contribution < -0.4 is 5.73 Å². The van der Waals surface area contributed by atoms with Gasteiger partial charge in [-0.05, 0) is 13.3 Å². The first-order chi connectivity index (χ1) is 12.5. The molecule has 1 atom stereocenters. The average molecular weight is 372 g/mol. The van der Waals surface area contributed by atoms with Gasteiger partial charge in [0.15, 0.2) is 6.29 Å². The molecule has 0 bridgehead atoms. The highest BCUT2D eigenvalue weighted by Crippen LogP contribution is 2.17. The second kappa shape index (κ2) is 18.3. The molecule has 158 valence electrons. The third kappa shape index (κ3) is 17.3. The lowest BCUT2D eigenvalue weighted by Crippen LogP contribution is -2.47. The van der Waals surface area contributed by atoms with Gasteiger partial charge in [0.05, 0.1) is 5.54 Å². The van der Waals surface area contributed by atoms with E-state index < -0.39 is 11.8 Å². The van der Waals surface area contributed by atoms with E-state index in [0.717, 1.165) is 12.8 Å². The third-order valence-corrected chi connectivity index (χ3v) is 5.66. The topological polar surface area (TPSA) is 66.5 Å². The molecule has 0 fully saturated rings. The Labute approximate surface area is 164 Å². The summed E-state index contributed by atoms with van der Waals surface area (Å²) in [5, 5.41) is 18.3. The number of unbranched alkanes of at least 4 members (excludes halogenated alkanes) is 17. The number of aliphatic hydroxyl groups excluding tert-OH is 1. The van der Waals surface area contributed by atoms with Crippen molar-refractivity contribution >= 4 is 0 Å². The van der Waals surface area contributed by atoms with E-state index in [-0.39, 0.29) is 0 Å². The summed E-state index contributed by atoms with van der Waals surface area (Å²) in [7, 11) is 0. The molecule has 3 nitrogen and oxygen atoms in total. The van der Waals surface area contributed by atoms with E-state index >= 15 is 0 Å². The highest BCUT2D eigenvalue weighted by Gasteiger charge is 2.25. The molecular weight excluding hydrogens is 322 g/mol. The molecule has 26 heavy (non-hydrogen) atoms. The minimum Gasteiger partial charge on any atom is -0.367 e. The standard InChI is InChI=1S/C23H49NO2/c1-3-4-5-6-7-8-9-10-11-12-13-14-15-16-17-18-19-20-21-23(2,24)22(25)26/h22,25-26H,3-21,24H2,1-2H3. The molecule has 0 aliphatic rings. The van der Waals surface area contributed by atoms with Crippen molar-refractivity contribution in [3.63, 3.8) is 0 Å². The van der Waals surface area contributed by atoms with Gasteiger partial charge < -0.3 is 15.9 Å². The van der Waals surface area contributed by atoms with Crippen LogP contribution in [0.4, 0.5) is 0 Å². The van der Waals surface area contributed by atoms with E-state index in [9.17, 15) is 0 Å². The highest BCUT2D eigenvalue weighted by atomic mass is 16.5. The molecule has 0 saturated heterocycles. The van der Waals surface area contributed by atoms with Crippen LogP contribution in [0.15, 0.2) is 0 Å². The summed E-state index contributed by atoms with van der Waals surface area (Å²) < 4.78 is 0. The van der Waals surface area contributed by atoms with Crippen LogP contribution in [0, 0.1) is 0 Å². The summed E-state index contributed by atoms with van der Waals surface area (Å²) in [6.45, 7) is 4.00. The molecular formula is C23H49NO2. The molecule has 0 spiro atoms. The van der Waals surface area contributed by atoms with Gasteiger partial charge >= 0.3 is 0 Å². The monoisotopic (exact) mass is 371 g/mol. The molecule has 0 aromatic heterocycles. The quantitative estimate of drug-likeness (QED) is 0.170. The van der Waals surface area contributed by atoms with E-state index in [4.69, 9.17) is 15.9 Å². The molecule has 0 radical (unpaired) electrons. The first kappa shape index (κ1) is 25.9. The van der Waals surface area contributed by atoms with Gasteiger partial charge in [-0.2, -0.15) is 0 Å². The summed E-state index contributed by atoms with van der Waals surface area (Å²) in [5.41, 5.74) is 4.98. The van der Waals surface area contributed by atoms with Crippen LogP contribution in [0.1, 0.15) is 136 Å². The Bertz CT molecular complexity index is 279. The van der Waals surface area contributed by atoms with Crippen molar-refractivity contribution in [3.8, 4) is 0 Å². The smallest absolute Gasteiger partial charge is 0.169 e. The minimum atomic E-state index is -1.41. The summed E-state index contributed by atoms with van der Waals surface area (Å²) >= 11 is 0. The van der Waals surface area contributed by atoms with Crippen molar-refractivity contribution < 1.29 is 10.2 Å². The Morgan fingerprint density at radius 1 is 0.577 bits per heavy atom. The fraction of sp³-hybridized carbons (Fsp3) is 1.00. The minimum absolute atomic E-state index is 0.684. The van der Waals surface area contributed by atoms with Gasteiger partial charge in [0.1, 0.15) is 0 Å². The summed E-state index contributed by atoms with van der Waals surface area (Å²) in [6.07, 6.45) is 23.8. The van der Waals surface area contributed by atoms with Crippen molar-refractivity contribution in [1.29, 1.82) is 0 Å². The first-order valence-corrected chi connectivity index (χ1v) is 11.7. The largest absolute Gasteiger partial charge is 0.367 e. The highest BCUT2D eigenvalue weighted by molar-refractivity contribution is 4.80. The van der Waals surface area contributed by atoms with Gasteiger partial charge in [-0.15, -0.1) is 0 Å². The zero-order valence-corrected chi connectivity index (χ0v) is 18.0.